The summed E-state index contributed by atoms with van der Waals surface area (Å²) in [7, 11) is 0. The van der Waals surface area contributed by atoms with Crippen LogP contribution in [0.25, 0.3) is 0 Å². The standard InChI is InChI=1S/C37H52N4O5/c1-3-4-21-39(37(43)46-27-29-15-17-34(18-16-29)41(44)45)32-19-22-38(23-20-32)26-31-24-35(25-36(31)30-11-7-5-8-12-30)40(28(2)42)33-13-9-6-10-14-33/h5,7-8,11-12,15-18,31-33,35-36H,3-4,6,9-10,13-14,19-27H2,1-2H3/t31-,35?,36-/m1/s1. The maximum absolute atomic E-state index is 13.3. The molecule has 1 heterocycles. The van der Waals surface area contributed by atoms with Crippen LogP contribution in [-0.2, 0) is 16.1 Å². The quantitative estimate of drug-likeness (QED) is 0.177. The normalized spacial score (nSPS) is 22.8. The van der Waals surface area contributed by atoms with E-state index >= 15 is 0 Å². The molecule has 3 aliphatic rings. The fourth-order valence-electron chi connectivity index (χ4n) is 8.24. The summed E-state index contributed by atoms with van der Waals surface area (Å²) in [5, 5.41) is 11.0. The number of hydrogen-bond acceptors (Lipinski definition) is 6. The summed E-state index contributed by atoms with van der Waals surface area (Å²) in [6.07, 6.45) is 11.5. The molecule has 1 unspecified atom stereocenters. The lowest BCUT2D eigenvalue weighted by Crippen LogP contribution is -2.49. The number of non-ortho nitro benzene ring substituents is 1. The Morgan fingerprint density at radius 2 is 1.61 bits per heavy atom. The molecule has 2 aromatic rings. The van der Waals surface area contributed by atoms with Crippen LogP contribution in [0.5, 0.6) is 0 Å². The van der Waals surface area contributed by atoms with Crippen molar-refractivity contribution in [2.75, 3.05) is 26.2 Å². The van der Waals surface area contributed by atoms with E-state index in [2.05, 4.69) is 47.1 Å². The first-order chi connectivity index (χ1) is 22.3. The number of nitrogens with zero attached hydrogens (tertiary/aromatic N) is 4. The number of unbranched alkanes of at least 4 members (excludes halogenated alkanes) is 1. The highest BCUT2D eigenvalue weighted by molar-refractivity contribution is 5.74. The molecule has 0 N–H and O–H groups in total. The molecule has 2 saturated carbocycles. The highest BCUT2D eigenvalue weighted by atomic mass is 16.6. The summed E-state index contributed by atoms with van der Waals surface area (Å²) >= 11 is 0. The molecule has 2 amide bonds. The molecule has 46 heavy (non-hydrogen) atoms. The van der Waals surface area contributed by atoms with Crippen LogP contribution in [-0.4, -0.2) is 75.9 Å². The van der Waals surface area contributed by atoms with Crippen molar-refractivity contribution in [1.29, 1.82) is 0 Å². The minimum atomic E-state index is -0.431. The average Bonchev–Trinajstić information content (AvgIpc) is 3.48. The Balaban J connectivity index is 1.20. The van der Waals surface area contributed by atoms with Crippen LogP contribution < -0.4 is 0 Å². The maximum Gasteiger partial charge on any atom is 0.410 e. The van der Waals surface area contributed by atoms with Crippen molar-refractivity contribution >= 4 is 17.7 Å². The van der Waals surface area contributed by atoms with Crippen LogP contribution in [0.1, 0.15) is 102 Å². The van der Waals surface area contributed by atoms with Gasteiger partial charge in [0.25, 0.3) is 5.69 Å². The summed E-state index contributed by atoms with van der Waals surface area (Å²) in [5.41, 5.74) is 2.15. The number of carbonyl (C=O) groups excluding carboxylic acids is 2. The van der Waals surface area contributed by atoms with E-state index in [0.29, 0.717) is 30.5 Å². The Morgan fingerprint density at radius 3 is 2.24 bits per heavy atom. The van der Waals surface area contributed by atoms with Crippen LogP contribution in [0.2, 0.25) is 0 Å². The SMILES string of the molecule is CCCCN(C(=O)OCc1ccc([N+](=O)[O-])cc1)C1CCN(C[C@H]2CC(N(C(C)=O)C3CCCCC3)C[C@@H]2c2ccccc2)CC1. The van der Waals surface area contributed by atoms with E-state index in [0.717, 1.165) is 76.6 Å². The molecule has 2 aromatic carbocycles. The molecule has 0 radical (unpaired) electrons. The minimum Gasteiger partial charge on any atom is -0.445 e. The lowest BCUT2D eigenvalue weighted by atomic mass is 9.88. The molecule has 250 valence electrons. The van der Waals surface area contributed by atoms with E-state index in [1.54, 1.807) is 19.1 Å². The van der Waals surface area contributed by atoms with Gasteiger partial charge in [0.15, 0.2) is 0 Å². The Hall–Kier alpha value is -3.46. The number of hydrogen-bond donors (Lipinski definition) is 0. The van der Waals surface area contributed by atoms with Gasteiger partial charge in [-0.05, 0) is 80.0 Å². The van der Waals surface area contributed by atoms with Gasteiger partial charge in [-0.3, -0.25) is 14.9 Å². The topological polar surface area (TPSA) is 96.2 Å². The third-order valence-electron chi connectivity index (χ3n) is 10.6. The Morgan fingerprint density at radius 1 is 0.913 bits per heavy atom. The number of likely N-dealkylation sites (tertiary alicyclic amines) is 1. The Bertz CT molecular complexity index is 1270. The third kappa shape index (κ3) is 8.66. The van der Waals surface area contributed by atoms with E-state index in [4.69, 9.17) is 4.74 Å². The summed E-state index contributed by atoms with van der Waals surface area (Å²) in [4.78, 5) is 43.6. The smallest absolute Gasteiger partial charge is 0.410 e. The number of piperidine rings is 1. The third-order valence-corrected chi connectivity index (χ3v) is 10.6. The number of amides is 2. The summed E-state index contributed by atoms with van der Waals surface area (Å²) in [6, 6.07) is 17.9. The minimum absolute atomic E-state index is 0.0232. The molecule has 5 rings (SSSR count). The van der Waals surface area contributed by atoms with Gasteiger partial charge in [0.2, 0.25) is 5.91 Å². The van der Waals surface area contributed by atoms with E-state index in [1.807, 2.05) is 4.90 Å². The van der Waals surface area contributed by atoms with Gasteiger partial charge in [-0.2, -0.15) is 0 Å². The molecule has 1 saturated heterocycles. The van der Waals surface area contributed by atoms with Crippen molar-refractivity contribution in [3.8, 4) is 0 Å². The highest BCUT2D eigenvalue weighted by Crippen LogP contribution is 2.44. The van der Waals surface area contributed by atoms with Crippen molar-refractivity contribution in [2.45, 2.75) is 115 Å². The van der Waals surface area contributed by atoms with Gasteiger partial charge in [0, 0.05) is 63.4 Å². The summed E-state index contributed by atoms with van der Waals surface area (Å²) in [5.74, 6) is 1.15. The molecule has 3 fully saturated rings. The lowest BCUT2D eigenvalue weighted by Gasteiger charge is -2.39. The van der Waals surface area contributed by atoms with Gasteiger partial charge < -0.3 is 19.4 Å². The zero-order valence-corrected chi connectivity index (χ0v) is 27.7. The predicted molar refractivity (Wildman–Crippen MR) is 179 cm³/mol. The van der Waals surface area contributed by atoms with Crippen molar-refractivity contribution < 1.29 is 19.2 Å². The second-order valence-corrected chi connectivity index (χ2v) is 13.7. The predicted octanol–water partition coefficient (Wildman–Crippen LogP) is 7.54. The zero-order valence-electron chi connectivity index (χ0n) is 27.7. The van der Waals surface area contributed by atoms with Crippen LogP contribution in [0.4, 0.5) is 10.5 Å². The second-order valence-electron chi connectivity index (χ2n) is 13.7. The highest BCUT2D eigenvalue weighted by Gasteiger charge is 2.42. The van der Waals surface area contributed by atoms with Gasteiger partial charge in [-0.1, -0.05) is 62.9 Å². The molecule has 2 aliphatic carbocycles. The van der Waals surface area contributed by atoms with E-state index in [1.165, 1.54) is 37.0 Å². The first-order valence-electron chi connectivity index (χ1n) is 17.6. The molecule has 3 atom stereocenters. The Labute approximate surface area is 274 Å². The van der Waals surface area contributed by atoms with Gasteiger partial charge in [0.05, 0.1) is 4.92 Å². The molecular formula is C37H52N4O5. The number of nitro benzene ring substituents is 1. The number of ether oxygens (including phenoxy) is 1. The average molecular weight is 633 g/mol. The maximum atomic E-state index is 13.3. The van der Waals surface area contributed by atoms with E-state index < -0.39 is 4.92 Å². The Kier molecular flexibility index (Phi) is 12.1. The molecule has 0 bridgehead atoms. The largest absolute Gasteiger partial charge is 0.445 e. The fraction of sp³-hybridized carbons (Fsp3) is 0.622. The lowest BCUT2D eigenvalue weighted by molar-refractivity contribution is -0.384. The number of nitro groups is 1. The first-order valence-corrected chi connectivity index (χ1v) is 17.6. The molecule has 9 nitrogen and oxygen atoms in total. The molecule has 0 aromatic heterocycles. The van der Waals surface area contributed by atoms with E-state index in [-0.39, 0.29) is 30.3 Å². The van der Waals surface area contributed by atoms with Crippen molar-refractivity contribution in [1.82, 2.24) is 14.7 Å². The monoisotopic (exact) mass is 632 g/mol. The number of carbonyl (C=O) groups is 2. The molecule has 9 heteroatoms. The number of benzene rings is 2. The van der Waals surface area contributed by atoms with Crippen molar-refractivity contribution in [3.05, 3.63) is 75.8 Å². The van der Waals surface area contributed by atoms with Gasteiger partial charge in [-0.25, -0.2) is 4.79 Å². The summed E-state index contributed by atoms with van der Waals surface area (Å²) < 4.78 is 5.71. The zero-order chi connectivity index (χ0) is 32.5. The van der Waals surface area contributed by atoms with Gasteiger partial charge in [0.1, 0.15) is 6.61 Å². The fourth-order valence-corrected chi connectivity index (χ4v) is 8.24. The van der Waals surface area contributed by atoms with Crippen LogP contribution in [0.15, 0.2) is 54.6 Å². The number of rotatable bonds is 12. The van der Waals surface area contributed by atoms with Gasteiger partial charge in [-0.15, -0.1) is 0 Å². The summed E-state index contributed by atoms with van der Waals surface area (Å²) in [6.45, 7) is 7.55. The first kappa shape index (κ1) is 33.9. The van der Waals surface area contributed by atoms with Crippen molar-refractivity contribution in [2.24, 2.45) is 5.92 Å². The van der Waals surface area contributed by atoms with Crippen molar-refractivity contribution in [3.63, 3.8) is 0 Å². The molecule has 1 aliphatic heterocycles. The van der Waals surface area contributed by atoms with Crippen LogP contribution >= 0.6 is 0 Å². The van der Waals surface area contributed by atoms with Crippen LogP contribution in [0.3, 0.4) is 0 Å². The van der Waals surface area contributed by atoms with E-state index in [9.17, 15) is 19.7 Å². The second kappa shape index (κ2) is 16.4. The van der Waals surface area contributed by atoms with Gasteiger partial charge >= 0.3 is 6.09 Å². The molecular weight excluding hydrogens is 580 g/mol. The molecule has 0 spiro atoms. The van der Waals surface area contributed by atoms with Crippen LogP contribution in [0, 0.1) is 16.0 Å².